The van der Waals surface area contributed by atoms with E-state index in [1.54, 1.807) is 0 Å². The molecule has 3 N–H and O–H groups in total. The number of hydrogen-bond donors (Lipinski definition) is 3. The molecule has 3 rings (SSSR count). The molecule has 0 unspecified atom stereocenters. The van der Waals surface area contributed by atoms with Crippen molar-refractivity contribution < 1.29 is 22.7 Å². The first kappa shape index (κ1) is 15.6. The third-order valence-electron chi connectivity index (χ3n) is 3.59. The van der Waals surface area contributed by atoms with Gasteiger partial charge in [0.25, 0.3) is 5.91 Å². The van der Waals surface area contributed by atoms with E-state index < -0.39 is 11.7 Å². The number of nitrogens with zero attached hydrogens (tertiary/aromatic N) is 1. The molecule has 1 aromatic rings. The smallest absolute Gasteiger partial charge is 0.379 e. The fourth-order valence-electron chi connectivity index (χ4n) is 2.44. The highest BCUT2D eigenvalue weighted by atomic mass is 19.4. The van der Waals surface area contributed by atoms with E-state index in [-0.39, 0.29) is 35.6 Å². The Labute approximate surface area is 130 Å². The zero-order chi connectivity index (χ0) is 16.4. The van der Waals surface area contributed by atoms with Crippen LogP contribution >= 0.6 is 0 Å². The standard InChI is InChI=1S/C14H15F3N4O2/c15-14(16,17)10-5-8(13-18-6-12(22)20-21-13)1-2-11(10)19-9-3-4-23-7-9/h1-2,5,9,19H,3-4,6-7H2,(H,18,21)(H,20,22)/t9-/m1/s1. The molecule has 124 valence electrons. The number of benzene rings is 1. The van der Waals surface area contributed by atoms with Crippen LogP contribution in [-0.4, -0.2) is 37.5 Å². The van der Waals surface area contributed by atoms with Gasteiger partial charge in [-0.15, -0.1) is 0 Å². The van der Waals surface area contributed by atoms with Crippen LogP contribution in [0.15, 0.2) is 23.2 Å². The van der Waals surface area contributed by atoms with E-state index in [2.05, 4.69) is 21.2 Å². The zero-order valence-electron chi connectivity index (χ0n) is 12.0. The summed E-state index contributed by atoms with van der Waals surface area (Å²) in [5.41, 5.74) is 4.32. The number of rotatable bonds is 3. The number of halogens is 3. The molecule has 0 radical (unpaired) electrons. The first-order valence-electron chi connectivity index (χ1n) is 7.09. The van der Waals surface area contributed by atoms with Crippen molar-refractivity contribution in [3.05, 3.63) is 29.3 Å². The van der Waals surface area contributed by atoms with Crippen molar-refractivity contribution in [3.8, 4) is 0 Å². The second-order valence-corrected chi connectivity index (χ2v) is 5.30. The molecule has 2 heterocycles. The molecule has 0 saturated carbocycles. The second kappa shape index (κ2) is 6.07. The topological polar surface area (TPSA) is 74.8 Å². The number of carbonyl (C=O) groups is 1. The highest BCUT2D eigenvalue weighted by Gasteiger charge is 2.35. The lowest BCUT2D eigenvalue weighted by Crippen LogP contribution is -2.47. The normalized spacial score (nSPS) is 21.4. The van der Waals surface area contributed by atoms with Crippen molar-refractivity contribution in [3.63, 3.8) is 0 Å². The lowest BCUT2D eigenvalue weighted by molar-refractivity contribution is -0.137. The molecule has 9 heteroatoms. The van der Waals surface area contributed by atoms with Gasteiger partial charge in [0, 0.05) is 17.9 Å². The predicted octanol–water partition coefficient (Wildman–Crippen LogP) is 1.29. The van der Waals surface area contributed by atoms with Crippen molar-refractivity contribution in [2.24, 2.45) is 4.99 Å². The van der Waals surface area contributed by atoms with Crippen LogP contribution in [-0.2, 0) is 15.7 Å². The van der Waals surface area contributed by atoms with Gasteiger partial charge in [0.2, 0.25) is 0 Å². The minimum Gasteiger partial charge on any atom is -0.379 e. The lowest BCUT2D eigenvalue weighted by atomic mass is 10.1. The van der Waals surface area contributed by atoms with Crippen LogP contribution in [0.4, 0.5) is 18.9 Å². The molecule has 0 spiro atoms. The number of hydrogen-bond acceptors (Lipinski definition) is 5. The molecule has 1 fully saturated rings. The molecule has 23 heavy (non-hydrogen) atoms. The summed E-state index contributed by atoms with van der Waals surface area (Å²) in [5, 5.41) is 2.88. The van der Waals surface area contributed by atoms with Gasteiger partial charge in [-0.05, 0) is 24.6 Å². The average molecular weight is 328 g/mol. The average Bonchev–Trinajstić information content (AvgIpc) is 3.00. The lowest BCUT2D eigenvalue weighted by Gasteiger charge is -2.20. The fourth-order valence-corrected chi connectivity index (χ4v) is 2.44. The highest BCUT2D eigenvalue weighted by Crippen LogP contribution is 2.36. The first-order chi connectivity index (χ1) is 10.9. The maximum atomic E-state index is 13.3. The summed E-state index contributed by atoms with van der Waals surface area (Å²) < 4.78 is 45.2. The number of nitrogens with one attached hydrogen (secondary N) is 3. The van der Waals surface area contributed by atoms with Crippen molar-refractivity contribution >= 4 is 17.4 Å². The number of anilines is 1. The SMILES string of the molecule is O=C1CN=C(c2ccc(N[C@@H]3CCOC3)c(C(F)(F)F)c2)NN1. The summed E-state index contributed by atoms with van der Waals surface area (Å²) in [6, 6.07) is 3.78. The number of aliphatic imine (C=N–C) groups is 1. The number of amidine groups is 1. The van der Waals surface area contributed by atoms with Gasteiger partial charge in [0.05, 0.1) is 18.2 Å². The summed E-state index contributed by atoms with van der Waals surface area (Å²) in [5.74, 6) is -0.143. The molecule has 1 atom stereocenters. The molecule has 0 bridgehead atoms. The van der Waals surface area contributed by atoms with Crippen LogP contribution in [0, 0.1) is 0 Å². The van der Waals surface area contributed by atoms with Crippen LogP contribution in [0.1, 0.15) is 17.5 Å². The van der Waals surface area contributed by atoms with Gasteiger partial charge in [-0.3, -0.25) is 20.6 Å². The molecule has 6 nitrogen and oxygen atoms in total. The number of carbonyl (C=O) groups excluding carboxylic acids is 1. The Hall–Kier alpha value is -2.29. The molecular weight excluding hydrogens is 313 g/mol. The quantitative estimate of drug-likeness (QED) is 0.782. The van der Waals surface area contributed by atoms with Gasteiger partial charge in [0.1, 0.15) is 12.4 Å². The van der Waals surface area contributed by atoms with Crippen molar-refractivity contribution in [2.45, 2.75) is 18.6 Å². The number of hydrazine groups is 1. The maximum absolute atomic E-state index is 13.3. The minimum absolute atomic E-state index is 0.0113. The Morgan fingerprint density at radius 2 is 2.13 bits per heavy atom. The Morgan fingerprint density at radius 1 is 1.30 bits per heavy atom. The van der Waals surface area contributed by atoms with Gasteiger partial charge in [0.15, 0.2) is 0 Å². The van der Waals surface area contributed by atoms with E-state index in [1.165, 1.54) is 12.1 Å². The number of ether oxygens (including phenoxy) is 1. The van der Waals surface area contributed by atoms with E-state index in [1.807, 2.05) is 0 Å². The summed E-state index contributed by atoms with van der Waals surface area (Å²) in [7, 11) is 0. The van der Waals surface area contributed by atoms with E-state index in [0.717, 1.165) is 6.07 Å². The van der Waals surface area contributed by atoms with Crippen molar-refractivity contribution in [1.82, 2.24) is 10.9 Å². The van der Waals surface area contributed by atoms with Crippen molar-refractivity contribution in [2.75, 3.05) is 25.1 Å². The Bertz CT molecular complexity index is 639. The second-order valence-electron chi connectivity index (χ2n) is 5.30. The summed E-state index contributed by atoms with van der Waals surface area (Å²) >= 11 is 0. The van der Waals surface area contributed by atoms with E-state index in [9.17, 15) is 18.0 Å². The molecule has 1 amide bonds. The number of alkyl halides is 3. The van der Waals surface area contributed by atoms with Gasteiger partial charge in [-0.1, -0.05) is 0 Å². The third kappa shape index (κ3) is 3.55. The molecular formula is C14H15F3N4O2. The van der Waals surface area contributed by atoms with Crippen molar-refractivity contribution in [1.29, 1.82) is 0 Å². The summed E-state index contributed by atoms with van der Waals surface area (Å²) in [4.78, 5) is 15.0. The van der Waals surface area contributed by atoms with Crippen LogP contribution in [0.2, 0.25) is 0 Å². The van der Waals surface area contributed by atoms with Crippen LogP contribution in [0.3, 0.4) is 0 Å². The van der Waals surface area contributed by atoms with Gasteiger partial charge in [-0.2, -0.15) is 13.2 Å². The van der Waals surface area contributed by atoms with E-state index in [4.69, 9.17) is 4.74 Å². The third-order valence-corrected chi connectivity index (χ3v) is 3.59. The molecule has 0 aromatic heterocycles. The maximum Gasteiger partial charge on any atom is 0.418 e. The van der Waals surface area contributed by atoms with Gasteiger partial charge in [-0.25, -0.2) is 0 Å². The molecule has 0 aliphatic carbocycles. The van der Waals surface area contributed by atoms with E-state index >= 15 is 0 Å². The monoisotopic (exact) mass is 328 g/mol. The van der Waals surface area contributed by atoms with Crippen LogP contribution in [0.25, 0.3) is 0 Å². The Kier molecular flexibility index (Phi) is 4.12. The molecule has 1 aromatic carbocycles. The fraction of sp³-hybridized carbons (Fsp3) is 0.429. The summed E-state index contributed by atoms with van der Waals surface area (Å²) in [6.07, 6.45) is -3.84. The Morgan fingerprint density at radius 3 is 2.74 bits per heavy atom. The first-order valence-corrected chi connectivity index (χ1v) is 7.09. The van der Waals surface area contributed by atoms with Gasteiger partial charge >= 0.3 is 6.18 Å². The van der Waals surface area contributed by atoms with Crippen LogP contribution in [0.5, 0.6) is 0 Å². The largest absolute Gasteiger partial charge is 0.418 e. The molecule has 1 saturated heterocycles. The number of amides is 1. The minimum atomic E-state index is -4.50. The summed E-state index contributed by atoms with van der Waals surface area (Å²) in [6.45, 7) is 0.806. The Balaban J connectivity index is 1.90. The molecule has 2 aliphatic heterocycles. The highest BCUT2D eigenvalue weighted by molar-refractivity contribution is 6.03. The molecule has 2 aliphatic rings. The van der Waals surface area contributed by atoms with E-state index in [0.29, 0.717) is 19.6 Å². The van der Waals surface area contributed by atoms with Crippen LogP contribution < -0.4 is 16.2 Å². The van der Waals surface area contributed by atoms with Gasteiger partial charge < -0.3 is 10.1 Å². The predicted molar refractivity (Wildman–Crippen MR) is 77.0 cm³/mol. The zero-order valence-corrected chi connectivity index (χ0v) is 12.0.